The quantitative estimate of drug-likeness (QED) is 0.728. The number of benzene rings is 1. The van der Waals surface area contributed by atoms with Gasteiger partial charge in [-0.25, -0.2) is 0 Å². The van der Waals surface area contributed by atoms with Gasteiger partial charge in [-0.1, -0.05) is 19.9 Å². The summed E-state index contributed by atoms with van der Waals surface area (Å²) < 4.78 is 17.4. The zero-order chi connectivity index (χ0) is 11.8. The molecule has 0 aliphatic carbocycles. The molecular weight excluding hydrogens is 215 g/mol. The third kappa shape index (κ3) is 1.67. The molecule has 0 spiro atoms. The zero-order valence-electron chi connectivity index (χ0n) is 10.4. The smallest absolute Gasteiger partial charge is 0.492 e. The molecule has 2 aliphatic rings. The molecule has 1 atom stereocenters. The van der Waals surface area contributed by atoms with E-state index in [1.54, 1.807) is 0 Å². The number of ether oxygens (including phenoxy) is 1. The van der Waals surface area contributed by atoms with Crippen molar-refractivity contribution in [3.8, 4) is 5.75 Å². The van der Waals surface area contributed by atoms with Crippen LogP contribution in [0.3, 0.4) is 0 Å². The summed E-state index contributed by atoms with van der Waals surface area (Å²) in [4.78, 5) is 0. The fourth-order valence-electron chi connectivity index (χ4n) is 2.73. The Hall–Kier alpha value is -0.995. The fraction of sp³-hybridized carbons (Fsp3) is 0.538. The van der Waals surface area contributed by atoms with Crippen LogP contribution < -0.4 is 10.2 Å². The Bertz CT molecular complexity index is 433. The molecule has 0 unspecified atom stereocenters. The van der Waals surface area contributed by atoms with Crippen LogP contribution in [0.1, 0.15) is 37.5 Å². The molecule has 1 aromatic rings. The Balaban J connectivity index is 2.17. The van der Waals surface area contributed by atoms with Crippen molar-refractivity contribution in [2.24, 2.45) is 0 Å². The van der Waals surface area contributed by atoms with Crippen LogP contribution in [0.4, 0.5) is 0 Å². The molecule has 0 aromatic heterocycles. The highest BCUT2D eigenvalue weighted by molar-refractivity contribution is 6.64. The lowest BCUT2D eigenvalue weighted by atomic mass is 9.76. The summed E-state index contributed by atoms with van der Waals surface area (Å²) >= 11 is 0. The lowest BCUT2D eigenvalue weighted by Crippen LogP contribution is -2.31. The van der Waals surface area contributed by atoms with E-state index in [-0.39, 0.29) is 13.2 Å². The van der Waals surface area contributed by atoms with Crippen LogP contribution in [0.2, 0.25) is 0 Å². The first-order valence-electron chi connectivity index (χ1n) is 6.40. The third-order valence-corrected chi connectivity index (χ3v) is 3.54. The molecule has 0 bridgehead atoms. The van der Waals surface area contributed by atoms with E-state index in [4.69, 9.17) is 14.0 Å². The second kappa shape index (κ2) is 4.35. The Morgan fingerprint density at radius 1 is 1.29 bits per heavy atom. The predicted octanol–water partition coefficient (Wildman–Crippen LogP) is 1.83. The van der Waals surface area contributed by atoms with Gasteiger partial charge in [-0.2, -0.15) is 0 Å². The van der Waals surface area contributed by atoms with Crippen molar-refractivity contribution in [2.75, 3.05) is 13.2 Å². The Kier molecular flexibility index (Phi) is 2.85. The van der Waals surface area contributed by atoms with E-state index in [1.807, 2.05) is 0 Å². The maximum atomic E-state index is 5.98. The van der Waals surface area contributed by atoms with E-state index < -0.39 is 0 Å². The summed E-state index contributed by atoms with van der Waals surface area (Å²) in [6, 6.07) is 4.22. The van der Waals surface area contributed by atoms with E-state index >= 15 is 0 Å². The van der Waals surface area contributed by atoms with Gasteiger partial charge in [0.1, 0.15) is 12.4 Å². The van der Waals surface area contributed by atoms with Crippen molar-refractivity contribution in [2.45, 2.75) is 32.8 Å². The summed E-state index contributed by atoms with van der Waals surface area (Å²) in [6.07, 6.45) is 2.16. The molecule has 90 valence electrons. The first kappa shape index (κ1) is 11.1. The Labute approximate surface area is 102 Å². The molecule has 3 rings (SSSR count). The fourth-order valence-corrected chi connectivity index (χ4v) is 2.73. The van der Waals surface area contributed by atoms with Crippen LogP contribution in [-0.4, -0.2) is 20.3 Å². The lowest BCUT2D eigenvalue weighted by molar-refractivity contribution is 0.141. The molecule has 0 saturated heterocycles. The molecule has 0 fully saturated rings. The zero-order valence-corrected chi connectivity index (χ0v) is 10.4. The minimum absolute atomic E-state index is 0.159. The summed E-state index contributed by atoms with van der Waals surface area (Å²) in [5.74, 6) is 0.940. The number of aryl methyl sites for hydroxylation is 1. The number of rotatable bonds is 2. The van der Waals surface area contributed by atoms with Crippen LogP contribution in [0.15, 0.2) is 12.1 Å². The average Bonchev–Trinajstić information content (AvgIpc) is 2.61. The molecule has 0 radical (unpaired) electrons. The van der Waals surface area contributed by atoms with Crippen molar-refractivity contribution in [1.82, 2.24) is 0 Å². The lowest BCUT2D eigenvalue weighted by Gasteiger charge is -2.15. The van der Waals surface area contributed by atoms with Gasteiger partial charge in [0, 0.05) is 5.46 Å². The molecule has 0 amide bonds. The first-order valence-corrected chi connectivity index (χ1v) is 6.40. The summed E-state index contributed by atoms with van der Waals surface area (Å²) in [5, 5.41) is 0. The van der Waals surface area contributed by atoms with Crippen LogP contribution in [-0.2, 0) is 15.7 Å². The van der Waals surface area contributed by atoms with E-state index in [0.717, 1.165) is 24.1 Å². The van der Waals surface area contributed by atoms with Gasteiger partial charge >= 0.3 is 7.12 Å². The highest BCUT2D eigenvalue weighted by atomic mass is 16.6. The van der Waals surface area contributed by atoms with Crippen LogP contribution >= 0.6 is 0 Å². The highest BCUT2D eigenvalue weighted by Crippen LogP contribution is 2.34. The van der Waals surface area contributed by atoms with Gasteiger partial charge < -0.3 is 14.0 Å². The van der Waals surface area contributed by atoms with Crippen molar-refractivity contribution in [3.63, 3.8) is 0 Å². The maximum absolute atomic E-state index is 5.98. The third-order valence-electron chi connectivity index (χ3n) is 3.54. The largest absolute Gasteiger partial charge is 0.498 e. The highest BCUT2D eigenvalue weighted by Gasteiger charge is 2.41. The molecule has 0 saturated carbocycles. The first-order chi connectivity index (χ1) is 8.35. The van der Waals surface area contributed by atoms with E-state index in [2.05, 4.69) is 26.0 Å². The number of hydrogen-bond donors (Lipinski definition) is 0. The van der Waals surface area contributed by atoms with Crippen molar-refractivity contribution in [1.29, 1.82) is 0 Å². The van der Waals surface area contributed by atoms with E-state index in [9.17, 15) is 0 Å². The summed E-state index contributed by atoms with van der Waals surface area (Å²) in [7, 11) is -0.223. The van der Waals surface area contributed by atoms with Gasteiger partial charge in [-0.15, -0.1) is 0 Å². The normalized spacial score (nSPS) is 22.0. The number of hydrogen-bond acceptors (Lipinski definition) is 3. The second-order valence-corrected chi connectivity index (χ2v) is 4.49. The molecule has 3 nitrogen and oxygen atoms in total. The van der Waals surface area contributed by atoms with Crippen molar-refractivity contribution < 1.29 is 14.0 Å². The van der Waals surface area contributed by atoms with Crippen LogP contribution in [0.25, 0.3) is 0 Å². The SMILES string of the molecule is CCc1ccc2c3c1[C@@H](CC)OB3OCCO2. The van der Waals surface area contributed by atoms with Crippen LogP contribution in [0.5, 0.6) is 5.75 Å². The van der Waals surface area contributed by atoms with Gasteiger partial charge in [0.05, 0.1) is 12.7 Å². The molecule has 1 aromatic carbocycles. The predicted molar refractivity (Wildman–Crippen MR) is 66.8 cm³/mol. The van der Waals surface area contributed by atoms with Crippen LogP contribution in [0, 0.1) is 0 Å². The van der Waals surface area contributed by atoms with E-state index in [0.29, 0.717) is 13.2 Å². The minimum Gasteiger partial charge on any atom is -0.492 e. The van der Waals surface area contributed by atoms with Gasteiger partial charge in [-0.05, 0) is 30.0 Å². The second-order valence-electron chi connectivity index (χ2n) is 4.49. The van der Waals surface area contributed by atoms with Gasteiger partial charge in [-0.3, -0.25) is 0 Å². The molecule has 2 aliphatic heterocycles. The molecular formula is C13H17BO3. The van der Waals surface area contributed by atoms with Crippen molar-refractivity contribution in [3.05, 3.63) is 23.3 Å². The van der Waals surface area contributed by atoms with E-state index in [1.165, 1.54) is 11.1 Å². The topological polar surface area (TPSA) is 27.7 Å². The summed E-state index contributed by atoms with van der Waals surface area (Å²) in [6.45, 7) is 5.53. The Morgan fingerprint density at radius 3 is 2.94 bits per heavy atom. The minimum atomic E-state index is -0.223. The van der Waals surface area contributed by atoms with Gasteiger partial charge in [0.2, 0.25) is 0 Å². The summed E-state index contributed by atoms with van der Waals surface area (Å²) in [5.41, 5.74) is 3.79. The van der Waals surface area contributed by atoms with Crippen molar-refractivity contribution >= 4 is 12.6 Å². The van der Waals surface area contributed by atoms with Gasteiger partial charge in [0.25, 0.3) is 0 Å². The molecule has 0 N–H and O–H groups in total. The standard InChI is InChI=1S/C13H17BO3/c1-3-9-5-6-11-13-12(9)10(4-2)17-14(13)16-8-7-15-11/h5-6,10H,3-4,7-8H2,1-2H3/t10-/m1/s1. The molecule has 4 heteroatoms. The molecule has 17 heavy (non-hydrogen) atoms. The maximum Gasteiger partial charge on any atom is 0.498 e. The van der Waals surface area contributed by atoms with Gasteiger partial charge in [0.15, 0.2) is 0 Å². The molecule has 2 heterocycles. The monoisotopic (exact) mass is 232 g/mol. The Morgan fingerprint density at radius 2 is 2.18 bits per heavy atom. The average molecular weight is 232 g/mol.